The normalized spacial score (nSPS) is 16.0. The van der Waals surface area contributed by atoms with Crippen molar-refractivity contribution in [3.8, 4) is 6.07 Å². The molecule has 1 atom stereocenters. The summed E-state index contributed by atoms with van der Waals surface area (Å²) in [5.41, 5.74) is 8.89. The lowest BCUT2D eigenvalue weighted by molar-refractivity contribution is 0.517. The van der Waals surface area contributed by atoms with Crippen molar-refractivity contribution in [1.29, 1.82) is 5.26 Å². The summed E-state index contributed by atoms with van der Waals surface area (Å²) in [5.74, 6) is 1.01. The number of nitrogens with two attached hydrogens (primary N) is 1. The fourth-order valence-corrected chi connectivity index (χ4v) is 3.40. The number of rotatable bonds is 4. The average molecular weight is 323 g/mol. The molecule has 0 aliphatic carbocycles. The summed E-state index contributed by atoms with van der Waals surface area (Å²) in [5, 5.41) is 9.44. The first-order valence-electron chi connectivity index (χ1n) is 8.61. The molecule has 5 nitrogen and oxygen atoms in total. The van der Waals surface area contributed by atoms with Gasteiger partial charge in [-0.05, 0) is 31.5 Å². The first-order chi connectivity index (χ1) is 11.7. The molecule has 1 aromatic heterocycles. The van der Waals surface area contributed by atoms with E-state index >= 15 is 0 Å². The van der Waals surface area contributed by atoms with Gasteiger partial charge in [-0.1, -0.05) is 25.1 Å². The Balaban J connectivity index is 1.82. The van der Waals surface area contributed by atoms with Crippen LogP contribution in [0.3, 0.4) is 0 Å². The Hall–Kier alpha value is -2.61. The molecule has 1 aliphatic heterocycles. The van der Waals surface area contributed by atoms with Gasteiger partial charge in [0, 0.05) is 37.9 Å². The Kier molecular flexibility index (Phi) is 4.66. The van der Waals surface area contributed by atoms with E-state index in [1.54, 1.807) is 0 Å². The number of para-hydroxylation sites is 1. The minimum atomic E-state index is 0.263. The molecular formula is C19H25N5. The molecule has 2 heterocycles. The highest BCUT2D eigenvalue weighted by molar-refractivity contribution is 5.69. The van der Waals surface area contributed by atoms with Crippen LogP contribution in [-0.2, 0) is 0 Å². The van der Waals surface area contributed by atoms with Crippen molar-refractivity contribution >= 4 is 17.2 Å². The van der Waals surface area contributed by atoms with Crippen molar-refractivity contribution in [1.82, 2.24) is 4.57 Å². The number of hydrogen-bond donors (Lipinski definition) is 1. The van der Waals surface area contributed by atoms with Gasteiger partial charge in [-0.15, -0.1) is 0 Å². The van der Waals surface area contributed by atoms with Gasteiger partial charge in [0.1, 0.15) is 17.6 Å². The van der Waals surface area contributed by atoms with E-state index in [1.807, 2.05) is 12.1 Å². The van der Waals surface area contributed by atoms with Crippen LogP contribution >= 0.6 is 0 Å². The molecule has 24 heavy (non-hydrogen) atoms. The number of nitrogen functional groups attached to an aromatic ring is 1. The number of benzene rings is 1. The van der Waals surface area contributed by atoms with Crippen LogP contribution < -0.4 is 15.5 Å². The lowest BCUT2D eigenvalue weighted by Crippen LogP contribution is -2.47. The largest absolute Gasteiger partial charge is 0.396 e. The standard InChI is InChI=1S/C19H25N5/c1-3-15(2)24-17(14-20)13-18(21)19(24)23-11-9-22(10-12-23)16-7-5-4-6-8-16/h4-8,13,15H,3,9-12,21H2,1-2H3/t15-/m0/s1. The monoisotopic (exact) mass is 323 g/mol. The topological polar surface area (TPSA) is 61.2 Å². The van der Waals surface area contributed by atoms with E-state index in [1.165, 1.54) is 5.69 Å². The minimum Gasteiger partial charge on any atom is -0.396 e. The Labute approximate surface area is 143 Å². The summed E-state index contributed by atoms with van der Waals surface area (Å²) in [6.45, 7) is 8.01. The second-order valence-corrected chi connectivity index (χ2v) is 6.36. The molecule has 0 spiro atoms. The molecule has 0 bridgehead atoms. The van der Waals surface area contributed by atoms with E-state index in [-0.39, 0.29) is 6.04 Å². The van der Waals surface area contributed by atoms with Gasteiger partial charge in [0.25, 0.3) is 0 Å². The van der Waals surface area contributed by atoms with Gasteiger partial charge >= 0.3 is 0 Å². The van der Waals surface area contributed by atoms with Gasteiger partial charge < -0.3 is 20.1 Å². The van der Waals surface area contributed by atoms with Gasteiger partial charge in [0.15, 0.2) is 0 Å². The zero-order valence-electron chi connectivity index (χ0n) is 14.4. The van der Waals surface area contributed by atoms with Gasteiger partial charge in [0.2, 0.25) is 0 Å². The van der Waals surface area contributed by atoms with E-state index in [2.05, 4.69) is 58.5 Å². The molecule has 1 fully saturated rings. The fourth-order valence-electron chi connectivity index (χ4n) is 3.40. The second-order valence-electron chi connectivity index (χ2n) is 6.36. The molecule has 5 heteroatoms. The molecule has 2 aromatic rings. The minimum absolute atomic E-state index is 0.263. The van der Waals surface area contributed by atoms with Crippen molar-refractivity contribution < 1.29 is 0 Å². The fraction of sp³-hybridized carbons (Fsp3) is 0.421. The van der Waals surface area contributed by atoms with Crippen LogP contribution in [0.4, 0.5) is 17.2 Å². The van der Waals surface area contributed by atoms with Crippen LogP contribution in [0.25, 0.3) is 0 Å². The second kappa shape index (κ2) is 6.88. The summed E-state index contributed by atoms with van der Waals surface area (Å²) < 4.78 is 2.10. The van der Waals surface area contributed by atoms with Crippen LogP contribution in [0.1, 0.15) is 32.0 Å². The highest BCUT2D eigenvalue weighted by Crippen LogP contribution is 2.33. The van der Waals surface area contributed by atoms with E-state index in [4.69, 9.17) is 5.73 Å². The van der Waals surface area contributed by atoms with Crippen LogP contribution in [0.15, 0.2) is 36.4 Å². The molecule has 126 valence electrons. The first kappa shape index (κ1) is 16.3. The van der Waals surface area contributed by atoms with E-state index < -0.39 is 0 Å². The van der Waals surface area contributed by atoms with E-state index in [0.29, 0.717) is 11.4 Å². The van der Waals surface area contributed by atoms with Gasteiger partial charge in [-0.2, -0.15) is 5.26 Å². The maximum atomic E-state index is 9.44. The lowest BCUT2D eigenvalue weighted by Gasteiger charge is -2.38. The summed E-state index contributed by atoms with van der Waals surface area (Å²) in [6.07, 6.45) is 0.972. The van der Waals surface area contributed by atoms with E-state index in [9.17, 15) is 5.26 Å². The highest BCUT2D eigenvalue weighted by atomic mass is 15.3. The molecule has 1 saturated heterocycles. The van der Waals surface area contributed by atoms with Crippen molar-refractivity contribution in [2.24, 2.45) is 0 Å². The molecule has 1 aliphatic rings. The first-order valence-corrected chi connectivity index (χ1v) is 8.61. The summed E-state index contributed by atoms with van der Waals surface area (Å²) >= 11 is 0. The quantitative estimate of drug-likeness (QED) is 0.938. The van der Waals surface area contributed by atoms with Crippen molar-refractivity contribution in [2.75, 3.05) is 41.7 Å². The average Bonchev–Trinajstić information content (AvgIpc) is 2.98. The van der Waals surface area contributed by atoms with Crippen LogP contribution in [0.2, 0.25) is 0 Å². The highest BCUT2D eigenvalue weighted by Gasteiger charge is 2.25. The van der Waals surface area contributed by atoms with Crippen molar-refractivity contribution in [3.63, 3.8) is 0 Å². The number of nitriles is 1. The number of anilines is 3. The zero-order valence-corrected chi connectivity index (χ0v) is 14.4. The molecule has 1 aromatic carbocycles. The Morgan fingerprint density at radius 2 is 1.75 bits per heavy atom. The Morgan fingerprint density at radius 1 is 1.12 bits per heavy atom. The van der Waals surface area contributed by atoms with Crippen molar-refractivity contribution in [3.05, 3.63) is 42.1 Å². The molecule has 3 rings (SSSR count). The predicted molar refractivity (Wildman–Crippen MR) is 99.4 cm³/mol. The number of aromatic nitrogens is 1. The molecule has 0 amide bonds. The smallest absolute Gasteiger partial charge is 0.133 e. The van der Waals surface area contributed by atoms with Crippen LogP contribution in [0, 0.1) is 11.3 Å². The third-order valence-electron chi connectivity index (χ3n) is 4.88. The van der Waals surface area contributed by atoms with E-state index in [0.717, 1.165) is 38.4 Å². The Bertz CT molecular complexity index is 720. The van der Waals surface area contributed by atoms with Crippen LogP contribution in [0.5, 0.6) is 0 Å². The maximum absolute atomic E-state index is 9.44. The molecule has 0 radical (unpaired) electrons. The Morgan fingerprint density at radius 3 is 2.33 bits per heavy atom. The molecule has 2 N–H and O–H groups in total. The zero-order chi connectivity index (χ0) is 17.1. The molecule has 0 saturated carbocycles. The molecular weight excluding hydrogens is 298 g/mol. The summed E-state index contributed by atoms with van der Waals surface area (Å²) in [6, 6.07) is 14.9. The lowest BCUT2D eigenvalue weighted by atomic mass is 10.2. The maximum Gasteiger partial charge on any atom is 0.133 e. The SMILES string of the molecule is CC[C@H](C)n1c(C#N)cc(N)c1N1CCN(c2ccccc2)CC1. The molecule has 0 unspecified atom stereocenters. The van der Waals surface area contributed by atoms with Gasteiger partial charge in [-0.3, -0.25) is 0 Å². The van der Waals surface area contributed by atoms with Crippen LogP contribution in [-0.4, -0.2) is 30.7 Å². The number of nitrogens with zero attached hydrogens (tertiary/aromatic N) is 4. The van der Waals surface area contributed by atoms with Gasteiger partial charge in [0.05, 0.1) is 5.69 Å². The number of hydrogen-bond acceptors (Lipinski definition) is 4. The summed E-state index contributed by atoms with van der Waals surface area (Å²) in [7, 11) is 0. The third-order valence-corrected chi connectivity index (χ3v) is 4.88. The van der Waals surface area contributed by atoms with Gasteiger partial charge in [-0.25, -0.2) is 0 Å². The van der Waals surface area contributed by atoms with Crippen molar-refractivity contribution in [2.45, 2.75) is 26.3 Å². The third kappa shape index (κ3) is 2.92. The predicted octanol–water partition coefficient (Wildman–Crippen LogP) is 3.24. The summed E-state index contributed by atoms with van der Waals surface area (Å²) in [4.78, 5) is 4.72. The number of piperazine rings is 1.